The molecule has 0 saturated heterocycles. The van der Waals surface area contributed by atoms with Crippen molar-refractivity contribution in [2.24, 2.45) is 0 Å². The highest BCUT2D eigenvalue weighted by Gasteiger charge is 2.20. The number of hydrogen-bond acceptors (Lipinski definition) is 2. The number of H-pyrrole nitrogens is 1. The smallest absolute Gasteiger partial charge is 0.261 e. The third-order valence-corrected chi connectivity index (χ3v) is 2.97. The van der Waals surface area contributed by atoms with Crippen LogP contribution in [-0.2, 0) is 0 Å². The van der Waals surface area contributed by atoms with Crippen LogP contribution in [0.1, 0.15) is 10.4 Å². The van der Waals surface area contributed by atoms with Crippen LogP contribution in [0, 0.1) is 17.5 Å². The Bertz CT molecular complexity index is 723. The molecular formula is C12H6BrF3N2O2. The number of aromatic nitrogens is 1. The lowest BCUT2D eigenvalue weighted by Gasteiger charge is -2.07. The van der Waals surface area contributed by atoms with Crippen LogP contribution in [-0.4, -0.2) is 10.9 Å². The molecule has 0 aliphatic heterocycles. The third kappa shape index (κ3) is 2.74. The summed E-state index contributed by atoms with van der Waals surface area (Å²) in [4.78, 5) is 25.9. The number of halogens is 4. The summed E-state index contributed by atoms with van der Waals surface area (Å²) in [5, 5.41) is 2.05. The molecule has 0 bridgehead atoms. The van der Waals surface area contributed by atoms with Crippen LogP contribution in [0.25, 0.3) is 0 Å². The Morgan fingerprint density at radius 2 is 1.75 bits per heavy atom. The number of hydrogen-bond donors (Lipinski definition) is 2. The fraction of sp³-hybridized carbons (Fsp3) is 0. The quantitative estimate of drug-likeness (QED) is 0.878. The predicted octanol–water partition coefficient (Wildman–Crippen LogP) is 2.81. The van der Waals surface area contributed by atoms with Gasteiger partial charge in [0.25, 0.3) is 5.91 Å². The summed E-state index contributed by atoms with van der Waals surface area (Å²) >= 11 is 2.94. The molecular weight excluding hydrogens is 341 g/mol. The fourth-order valence-corrected chi connectivity index (χ4v) is 1.84. The number of nitrogens with one attached hydrogen (secondary N) is 2. The van der Waals surface area contributed by atoms with Crippen LogP contribution < -0.4 is 10.7 Å². The van der Waals surface area contributed by atoms with Crippen molar-refractivity contribution in [3.05, 3.63) is 62.2 Å². The maximum absolute atomic E-state index is 13.4. The van der Waals surface area contributed by atoms with E-state index in [1.165, 1.54) is 6.20 Å². The third-order valence-electron chi connectivity index (χ3n) is 2.38. The van der Waals surface area contributed by atoms with E-state index in [0.717, 1.165) is 6.20 Å². The summed E-state index contributed by atoms with van der Waals surface area (Å²) in [6.07, 6.45) is 2.49. The Kier molecular flexibility index (Phi) is 3.93. The zero-order valence-electron chi connectivity index (χ0n) is 9.64. The molecule has 0 atom stereocenters. The molecule has 1 aromatic heterocycles. The van der Waals surface area contributed by atoms with Gasteiger partial charge in [-0.2, -0.15) is 0 Å². The first-order valence-electron chi connectivity index (χ1n) is 5.22. The van der Waals surface area contributed by atoms with Crippen molar-refractivity contribution in [3.63, 3.8) is 0 Å². The minimum atomic E-state index is -1.36. The summed E-state index contributed by atoms with van der Waals surface area (Å²) in [5.41, 5.74) is -1.74. The number of benzene rings is 1. The summed E-state index contributed by atoms with van der Waals surface area (Å²) in [5.74, 6) is -5.04. The molecule has 0 spiro atoms. The van der Waals surface area contributed by atoms with Gasteiger partial charge in [0.15, 0.2) is 0 Å². The van der Waals surface area contributed by atoms with Crippen molar-refractivity contribution in [2.45, 2.75) is 0 Å². The van der Waals surface area contributed by atoms with Gasteiger partial charge in [-0.15, -0.1) is 0 Å². The number of rotatable bonds is 2. The van der Waals surface area contributed by atoms with E-state index < -0.39 is 34.4 Å². The largest absolute Gasteiger partial charge is 0.365 e. The Labute approximate surface area is 118 Å². The molecule has 2 N–H and O–H groups in total. The average Bonchev–Trinajstić information content (AvgIpc) is 2.33. The lowest BCUT2D eigenvalue weighted by Crippen LogP contribution is -2.21. The number of aromatic amines is 1. The van der Waals surface area contributed by atoms with Crippen LogP contribution in [0.2, 0.25) is 0 Å². The van der Waals surface area contributed by atoms with Crippen LogP contribution in [0.5, 0.6) is 0 Å². The number of carbonyl (C=O) groups excluding carboxylic acids is 1. The predicted molar refractivity (Wildman–Crippen MR) is 69.0 cm³/mol. The van der Waals surface area contributed by atoms with Gasteiger partial charge in [0.2, 0.25) is 5.43 Å². The van der Waals surface area contributed by atoms with Crippen molar-refractivity contribution in [1.82, 2.24) is 4.98 Å². The first kappa shape index (κ1) is 14.3. The highest BCUT2D eigenvalue weighted by molar-refractivity contribution is 9.10. The first-order chi connectivity index (χ1) is 9.40. The van der Waals surface area contributed by atoms with E-state index in [9.17, 15) is 22.8 Å². The van der Waals surface area contributed by atoms with Gasteiger partial charge in [0.05, 0.1) is 4.47 Å². The molecule has 0 aliphatic rings. The SMILES string of the molecule is O=C(Nc1c[nH]cc(Br)c1=O)c1c(F)cc(F)cc1F. The molecule has 1 heterocycles. The van der Waals surface area contributed by atoms with E-state index in [2.05, 4.69) is 26.2 Å². The van der Waals surface area contributed by atoms with Gasteiger partial charge in [-0.25, -0.2) is 13.2 Å². The Balaban J connectivity index is 2.39. The molecule has 2 rings (SSSR count). The molecule has 8 heteroatoms. The van der Waals surface area contributed by atoms with E-state index >= 15 is 0 Å². The minimum Gasteiger partial charge on any atom is -0.365 e. The molecule has 0 unspecified atom stereocenters. The summed E-state index contributed by atoms with van der Waals surface area (Å²) < 4.78 is 39.7. The van der Waals surface area contributed by atoms with E-state index in [1.807, 2.05) is 0 Å². The highest BCUT2D eigenvalue weighted by Crippen LogP contribution is 2.16. The highest BCUT2D eigenvalue weighted by atomic mass is 79.9. The first-order valence-corrected chi connectivity index (χ1v) is 6.02. The van der Waals surface area contributed by atoms with Gasteiger partial charge in [-0.05, 0) is 15.9 Å². The van der Waals surface area contributed by atoms with Gasteiger partial charge in [0, 0.05) is 24.5 Å². The summed E-state index contributed by atoms with van der Waals surface area (Å²) in [6, 6.07) is 0.756. The number of anilines is 1. The van der Waals surface area contributed by atoms with E-state index in [-0.39, 0.29) is 10.2 Å². The molecule has 20 heavy (non-hydrogen) atoms. The fourth-order valence-electron chi connectivity index (χ4n) is 1.49. The lowest BCUT2D eigenvalue weighted by atomic mass is 10.1. The Morgan fingerprint density at radius 1 is 1.15 bits per heavy atom. The van der Waals surface area contributed by atoms with Crippen LogP contribution in [0.15, 0.2) is 33.8 Å². The molecule has 4 nitrogen and oxygen atoms in total. The second-order valence-corrected chi connectivity index (χ2v) is 4.60. The molecule has 1 amide bonds. The Hall–Kier alpha value is -2.09. The van der Waals surface area contributed by atoms with Crippen molar-refractivity contribution in [3.8, 4) is 0 Å². The van der Waals surface area contributed by atoms with Crippen molar-refractivity contribution < 1.29 is 18.0 Å². The number of pyridine rings is 1. The minimum absolute atomic E-state index is 0.135. The second kappa shape index (κ2) is 5.49. The molecule has 0 fully saturated rings. The molecule has 104 valence electrons. The molecule has 2 aromatic rings. The molecule has 0 saturated carbocycles. The van der Waals surface area contributed by atoms with Gasteiger partial charge in [0.1, 0.15) is 28.7 Å². The number of amides is 1. The van der Waals surface area contributed by atoms with E-state index in [1.54, 1.807) is 0 Å². The zero-order chi connectivity index (χ0) is 14.9. The van der Waals surface area contributed by atoms with Crippen LogP contribution >= 0.6 is 15.9 Å². The monoisotopic (exact) mass is 346 g/mol. The molecule has 0 aliphatic carbocycles. The molecule has 0 radical (unpaired) electrons. The second-order valence-electron chi connectivity index (χ2n) is 3.74. The van der Waals surface area contributed by atoms with Crippen molar-refractivity contribution >= 4 is 27.5 Å². The number of carbonyl (C=O) groups is 1. The van der Waals surface area contributed by atoms with Crippen LogP contribution in [0.4, 0.5) is 18.9 Å². The Morgan fingerprint density at radius 3 is 2.35 bits per heavy atom. The van der Waals surface area contributed by atoms with Crippen molar-refractivity contribution in [1.29, 1.82) is 0 Å². The lowest BCUT2D eigenvalue weighted by molar-refractivity contribution is 0.101. The van der Waals surface area contributed by atoms with Gasteiger partial charge in [-0.1, -0.05) is 0 Å². The van der Waals surface area contributed by atoms with Crippen molar-refractivity contribution in [2.75, 3.05) is 5.32 Å². The zero-order valence-corrected chi connectivity index (χ0v) is 11.2. The maximum atomic E-state index is 13.4. The average molecular weight is 347 g/mol. The van der Waals surface area contributed by atoms with Gasteiger partial charge in [-0.3, -0.25) is 9.59 Å². The van der Waals surface area contributed by atoms with E-state index in [4.69, 9.17) is 0 Å². The summed E-state index contributed by atoms with van der Waals surface area (Å²) in [7, 11) is 0. The normalized spacial score (nSPS) is 10.4. The molecule has 1 aromatic carbocycles. The van der Waals surface area contributed by atoms with E-state index in [0.29, 0.717) is 12.1 Å². The van der Waals surface area contributed by atoms with Gasteiger partial charge >= 0.3 is 0 Å². The summed E-state index contributed by atoms with van der Waals surface area (Å²) in [6.45, 7) is 0. The van der Waals surface area contributed by atoms with Gasteiger partial charge < -0.3 is 10.3 Å². The standard InChI is InChI=1S/C12H6BrF3N2O2/c13-6-3-17-4-9(11(6)19)18-12(20)10-7(15)1-5(14)2-8(10)16/h1-4H,(H,17,19)(H,18,20). The van der Waals surface area contributed by atoms with Crippen LogP contribution in [0.3, 0.4) is 0 Å². The maximum Gasteiger partial charge on any atom is 0.261 e. The topological polar surface area (TPSA) is 62.0 Å².